The molecule has 1 aromatic heterocycles. The molecule has 3 nitrogen and oxygen atoms in total. The second-order valence-corrected chi connectivity index (χ2v) is 5.08. The first-order valence-corrected chi connectivity index (χ1v) is 6.34. The Morgan fingerprint density at radius 3 is 2.83 bits per heavy atom. The maximum absolute atomic E-state index is 13.8. The minimum Gasteiger partial charge on any atom is -0.323 e. The highest BCUT2D eigenvalue weighted by Gasteiger charge is 2.22. The Bertz CT molecular complexity index is 658. The van der Waals surface area contributed by atoms with Gasteiger partial charge in [0.05, 0.1) is 21.2 Å². The first-order chi connectivity index (χ1) is 8.63. The lowest BCUT2D eigenvalue weighted by molar-refractivity contribution is 0.630. The highest BCUT2D eigenvalue weighted by molar-refractivity contribution is 6.39. The van der Waals surface area contributed by atoms with E-state index in [2.05, 4.69) is 10.4 Å². The Morgan fingerprint density at radius 2 is 2.11 bits per heavy atom. The highest BCUT2D eigenvalue weighted by atomic mass is 35.5. The van der Waals surface area contributed by atoms with Crippen LogP contribution in [0.2, 0.25) is 10.0 Å². The molecule has 0 radical (unpaired) electrons. The summed E-state index contributed by atoms with van der Waals surface area (Å²) in [5, 5.41) is 0.440. The monoisotopic (exact) mass is 285 g/mol. The smallest absolute Gasteiger partial charge is 0.161 e. The summed E-state index contributed by atoms with van der Waals surface area (Å²) in [5.74, 6) is 4.92. The number of rotatable bonds is 1. The quantitative estimate of drug-likeness (QED) is 0.479. The molecule has 0 bridgehead atoms. The van der Waals surface area contributed by atoms with Gasteiger partial charge < -0.3 is 5.43 Å². The number of nitrogen functional groups attached to an aromatic ring is 1. The van der Waals surface area contributed by atoms with Gasteiger partial charge in [0.25, 0.3) is 0 Å². The van der Waals surface area contributed by atoms with Crippen molar-refractivity contribution in [1.29, 1.82) is 0 Å². The third kappa shape index (κ3) is 1.56. The molecule has 2 aromatic rings. The standard InChI is InChI=1S/C12H10Cl2FN3/c13-6-4-8-9(10(14)11(6)15)12(18-16)5-2-1-3-7(5)17-8/h4H,1-3,16H2,(H,17,18). The Hall–Kier alpha value is -1.10. The average Bonchev–Trinajstić information content (AvgIpc) is 2.81. The van der Waals surface area contributed by atoms with E-state index < -0.39 is 5.82 Å². The summed E-state index contributed by atoms with van der Waals surface area (Å²) in [6.45, 7) is 0. The molecule has 6 heteroatoms. The predicted octanol–water partition coefficient (Wildman–Crippen LogP) is 3.46. The normalized spacial score (nSPS) is 14.0. The number of fused-ring (bicyclic) bond motifs is 2. The van der Waals surface area contributed by atoms with E-state index in [9.17, 15) is 4.39 Å². The van der Waals surface area contributed by atoms with Gasteiger partial charge >= 0.3 is 0 Å². The van der Waals surface area contributed by atoms with Gasteiger partial charge in [-0.05, 0) is 30.9 Å². The van der Waals surface area contributed by atoms with E-state index in [1.165, 1.54) is 6.07 Å². The molecule has 0 atom stereocenters. The third-order valence-electron chi connectivity index (χ3n) is 3.28. The van der Waals surface area contributed by atoms with Crippen molar-refractivity contribution >= 4 is 39.8 Å². The largest absolute Gasteiger partial charge is 0.323 e. The minimum absolute atomic E-state index is 0.0269. The Kier molecular flexibility index (Phi) is 2.81. The van der Waals surface area contributed by atoms with Crippen LogP contribution in [0.15, 0.2) is 6.07 Å². The molecule has 1 aliphatic carbocycles. The number of nitrogens with zero attached hydrogens (tertiary/aromatic N) is 1. The second kappa shape index (κ2) is 4.23. The summed E-state index contributed by atoms with van der Waals surface area (Å²) in [6, 6.07) is 1.48. The van der Waals surface area contributed by atoms with E-state index in [1.54, 1.807) is 0 Å². The molecule has 0 unspecified atom stereocenters. The summed E-state index contributed by atoms with van der Waals surface area (Å²) in [4.78, 5) is 4.50. The molecular weight excluding hydrogens is 276 g/mol. The van der Waals surface area contributed by atoms with E-state index in [0.29, 0.717) is 16.6 Å². The molecule has 0 saturated carbocycles. The van der Waals surface area contributed by atoms with Crippen LogP contribution in [0, 0.1) is 5.82 Å². The predicted molar refractivity (Wildman–Crippen MR) is 71.6 cm³/mol. The first-order valence-electron chi connectivity index (χ1n) is 5.59. The molecule has 1 aliphatic rings. The van der Waals surface area contributed by atoms with Crippen LogP contribution in [0.5, 0.6) is 0 Å². The van der Waals surface area contributed by atoms with E-state index >= 15 is 0 Å². The van der Waals surface area contributed by atoms with Crippen molar-refractivity contribution in [1.82, 2.24) is 4.98 Å². The maximum Gasteiger partial charge on any atom is 0.161 e. The fourth-order valence-corrected chi connectivity index (χ4v) is 3.02. The van der Waals surface area contributed by atoms with Crippen LogP contribution in [-0.4, -0.2) is 4.98 Å². The number of hydrogen-bond acceptors (Lipinski definition) is 3. The number of aromatic nitrogens is 1. The number of anilines is 1. The van der Waals surface area contributed by atoms with Gasteiger partial charge in [0, 0.05) is 11.1 Å². The Labute approximate surface area is 113 Å². The number of aryl methyl sites for hydroxylation is 1. The SMILES string of the molecule is NNc1c2c(nc3cc(Cl)c(F)c(Cl)c13)CCC2. The van der Waals surface area contributed by atoms with Crippen molar-refractivity contribution in [2.45, 2.75) is 19.3 Å². The molecule has 0 amide bonds. The Balaban J connectivity index is 2.48. The third-order valence-corrected chi connectivity index (χ3v) is 3.91. The van der Waals surface area contributed by atoms with E-state index in [-0.39, 0.29) is 10.0 Å². The molecule has 94 valence electrons. The van der Waals surface area contributed by atoms with Gasteiger partial charge in [-0.15, -0.1) is 0 Å². The van der Waals surface area contributed by atoms with Crippen molar-refractivity contribution in [3.05, 3.63) is 33.2 Å². The number of halogens is 3. The fraction of sp³-hybridized carbons (Fsp3) is 0.250. The van der Waals surface area contributed by atoms with Crippen LogP contribution in [0.3, 0.4) is 0 Å². The lowest BCUT2D eigenvalue weighted by atomic mass is 10.1. The van der Waals surface area contributed by atoms with Gasteiger partial charge in [-0.2, -0.15) is 0 Å². The number of hydrogen-bond donors (Lipinski definition) is 2. The Morgan fingerprint density at radius 1 is 1.33 bits per heavy atom. The number of hydrazine groups is 1. The van der Waals surface area contributed by atoms with Crippen LogP contribution in [0.1, 0.15) is 17.7 Å². The minimum atomic E-state index is -0.637. The molecule has 0 aliphatic heterocycles. The molecule has 0 spiro atoms. The van der Waals surface area contributed by atoms with E-state index in [4.69, 9.17) is 29.0 Å². The summed E-state index contributed by atoms with van der Waals surface area (Å²) < 4.78 is 13.8. The van der Waals surface area contributed by atoms with Gasteiger partial charge in [-0.3, -0.25) is 10.8 Å². The van der Waals surface area contributed by atoms with Crippen molar-refractivity contribution in [3.8, 4) is 0 Å². The van der Waals surface area contributed by atoms with Crippen molar-refractivity contribution in [3.63, 3.8) is 0 Å². The van der Waals surface area contributed by atoms with Gasteiger partial charge in [-0.25, -0.2) is 4.39 Å². The summed E-state index contributed by atoms with van der Waals surface area (Å²) in [5.41, 5.74) is 5.86. The molecule has 0 saturated heterocycles. The molecule has 0 fully saturated rings. The number of benzene rings is 1. The molecule has 1 aromatic carbocycles. The van der Waals surface area contributed by atoms with Crippen LogP contribution in [-0.2, 0) is 12.8 Å². The molecule has 1 heterocycles. The zero-order valence-corrected chi connectivity index (χ0v) is 10.9. The zero-order chi connectivity index (χ0) is 12.9. The summed E-state index contributed by atoms with van der Waals surface area (Å²) in [6.07, 6.45) is 2.78. The van der Waals surface area contributed by atoms with Crippen molar-refractivity contribution < 1.29 is 4.39 Å². The molecular formula is C12H10Cl2FN3. The average molecular weight is 286 g/mol. The van der Waals surface area contributed by atoms with Gasteiger partial charge in [0.2, 0.25) is 0 Å². The molecule has 3 rings (SSSR count). The van der Waals surface area contributed by atoms with Crippen LogP contribution >= 0.6 is 23.2 Å². The molecule has 18 heavy (non-hydrogen) atoms. The van der Waals surface area contributed by atoms with Gasteiger partial charge in [0.15, 0.2) is 5.82 Å². The fourth-order valence-electron chi connectivity index (χ4n) is 2.48. The lowest BCUT2D eigenvalue weighted by Crippen LogP contribution is -2.11. The molecule has 3 N–H and O–H groups in total. The number of nitrogens with two attached hydrogens (primary N) is 1. The van der Waals surface area contributed by atoms with E-state index in [1.807, 2.05) is 0 Å². The topological polar surface area (TPSA) is 50.9 Å². The van der Waals surface area contributed by atoms with Gasteiger partial charge in [-0.1, -0.05) is 23.2 Å². The number of nitrogens with one attached hydrogen (secondary N) is 1. The second-order valence-electron chi connectivity index (χ2n) is 4.29. The maximum atomic E-state index is 13.8. The van der Waals surface area contributed by atoms with Gasteiger partial charge in [0.1, 0.15) is 0 Å². The van der Waals surface area contributed by atoms with E-state index in [0.717, 1.165) is 30.5 Å². The summed E-state index contributed by atoms with van der Waals surface area (Å²) in [7, 11) is 0. The van der Waals surface area contributed by atoms with Crippen LogP contribution < -0.4 is 11.3 Å². The zero-order valence-electron chi connectivity index (χ0n) is 9.36. The van der Waals surface area contributed by atoms with Crippen molar-refractivity contribution in [2.24, 2.45) is 5.84 Å². The summed E-state index contributed by atoms with van der Waals surface area (Å²) >= 11 is 11.8. The van der Waals surface area contributed by atoms with Crippen molar-refractivity contribution in [2.75, 3.05) is 5.43 Å². The highest BCUT2D eigenvalue weighted by Crippen LogP contribution is 2.40. The first kappa shape index (κ1) is 12.0. The van der Waals surface area contributed by atoms with Crippen LogP contribution in [0.4, 0.5) is 10.1 Å². The lowest BCUT2D eigenvalue weighted by Gasteiger charge is -2.13. The number of pyridine rings is 1. The van der Waals surface area contributed by atoms with Crippen LogP contribution in [0.25, 0.3) is 10.9 Å².